The van der Waals surface area contributed by atoms with Gasteiger partial charge < -0.3 is 0 Å². The molecule has 1 heterocycles. The van der Waals surface area contributed by atoms with E-state index in [4.69, 9.17) is 11.6 Å². The lowest BCUT2D eigenvalue weighted by molar-refractivity contribution is -0.122. The number of rotatable bonds is 3. The fourth-order valence-corrected chi connectivity index (χ4v) is 5.90. The third kappa shape index (κ3) is 2.68. The van der Waals surface area contributed by atoms with Crippen LogP contribution in [0.25, 0.3) is 5.57 Å². The number of anilines is 1. The van der Waals surface area contributed by atoms with Crippen LogP contribution in [0.3, 0.4) is 0 Å². The Morgan fingerprint density at radius 2 is 1.12 bits per heavy atom. The van der Waals surface area contributed by atoms with E-state index in [2.05, 4.69) is 36.4 Å². The number of benzene rings is 3. The highest BCUT2D eigenvalue weighted by atomic mass is 35.5. The standard InChI is InChI=1S/C28H20ClNO2/c29-21-13-7-8-14-22(21)30-27(31)25-19-15-16-20(26(25)28(30)32)24(19)23(17-9-3-1-4-10-17)18-11-5-2-6-12-18/h1-16,19-20,25-26H/t19-,20-,25+,26+/m0/s1. The summed E-state index contributed by atoms with van der Waals surface area (Å²) in [5.41, 5.74) is 5.00. The lowest BCUT2D eigenvalue weighted by Gasteiger charge is -2.22. The first-order valence-electron chi connectivity index (χ1n) is 10.8. The molecular formula is C28H20ClNO2. The highest BCUT2D eigenvalue weighted by Crippen LogP contribution is 2.59. The maximum atomic E-state index is 13.6. The van der Waals surface area contributed by atoms with Crippen LogP contribution >= 0.6 is 11.6 Å². The van der Waals surface area contributed by atoms with Gasteiger partial charge in [0, 0.05) is 11.8 Å². The van der Waals surface area contributed by atoms with Gasteiger partial charge >= 0.3 is 0 Å². The summed E-state index contributed by atoms with van der Waals surface area (Å²) < 4.78 is 0. The first-order chi connectivity index (χ1) is 15.7. The summed E-state index contributed by atoms with van der Waals surface area (Å²) in [5, 5.41) is 0.416. The van der Waals surface area contributed by atoms with E-state index in [1.807, 2.05) is 36.4 Å². The van der Waals surface area contributed by atoms with Crippen LogP contribution in [0.1, 0.15) is 11.1 Å². The molecule has 2 bridgehead atoms. The molecule has 2 amide bonds. The average molecular weight is 438 g/mol. The zero-order valence-electron chi connectivity index (χ0n) is 17.2. The predicted molar refractivity (Wildman–Crippen MR) is 126 cm³/mol. The Bertz CT molecular complexity index is 1220. The van der Waals surface area contributed by atoms with Gasteiger partial charge in [-0.05, 0) is 34.4 Å². The summed E-state index contributed by atoms with van der Waals surface area (Å²) in [5.74, 6) is -1.25. The summed E-state index contributed by atoms with van der Waals surface area (Å²) in [7, 11) is 0. The zero-order chi connectivity index (χ0) is 21.8. The van der Waals surface area contributed by atoms with Crippen LogP contribution in [-0.4, -0.2) is 11.8 Å². The number of fused-ring (bicyclic) bond motifs is 5. The number of para-hydroxylation sites is 1. The van der Waals surface area contributed by atoms with Crippen molar-refractivity contribution < 1.29 is 9.59 Å². The van der Waals surface area contributed by atoms with Crippen molar-refractivity contribution in [3.8, 4) is 0 Å². The highest BCUT2D eigenvalue weighted by molar-refractivity contribution is 6.36. The quantitative estimate of drug-likeness (QED) is 0.385. The monoisotopic (exact) mass is 437 g/mol. The number of imide groups is 1. The molecule has 3 aromatic carbocycles. The van der Waals surface area contributed by atoms with E-state index in [1.165, 1.54) is 10.5 Å². The van der Waals surface area contributed by atoms with E-state index in [9.17, 15) is 9.59 Å². The maximum Gasteiger partial charge on any atom is 0.238 e. The number of hydrogen-bond acceptors (Lipinski definition) is 2. The van der Waals surface area contributed by atoms with Gasteiger partial charge in [0.05, 0.1) is 22.5 Å². The van der Waals surface area contributed by atoms with Gasteiger partial charge in [0.2, 0.25) is 11.8 Å². The second-order valence-corrected chi connectivity index (χ2v) is 8.92. The zero-order valence-corrected chi connectivity index (χ0v) is 17.9. The Kier molecular flexibility index (Phi) is 4.41. The number of amides is 2. The molecule has 0 radical (unpaired) electrons. The Morgan fingerprint density at radius 1 is 0.656 bits per heavy atom. The van der Waals surface area contributed by atoms with Crippen molar-refractivity contribution in [3.05, 3.63) is 119 Å². The summed E-state index contributed by atoms with van der Waals surface area (Å²) in [6.45, 7) is 0. The number of halogens is 1. The van der Waals surface area contributed by atoms with Crippen LogP contribution in [0.15, 0.2) is 103 Å². The van der Waals surface area contributed by atoms with Gasteiger partial charge in [-0.3, -0.25) is 9.59 Å². The minimum atomic E-state index is -0.383. The third-order valence-corrected chi connectivity index (χ3v) is 7.24. The SMILES string of the molecule is O=C1[C@H]2[C@H](C(=O)N1c1ccccc1Cl)[C@H]1C=C[C@H]2C1=C(c1ccccc1)c1ccccc1. The molecule has 2 fully saturated rings. The smallest absolute Gasteiger partial charge is 0.238 e. The molecule has 2 aliphatic carbocycles. The minimum Gasteiger partial charge on any atom is -0.274 e. The summed E-state index contributed by atoms with van der Waals surface area (Å²) in [6.07, 6.45) is 4.24. The van der Waals surface area contributed by atoms with Crippen molar-refractivity contribution in [3.63, 3.8) is 0 Å². The molecule has 0 spiro atoms. The molecule has 32 heavy (non-hydrogen) atoms. The average Bonchev–Trinajstić information content (AvgIpc) is 3.46. The lowest BCUT2D eigenvalue weighted by atomic mass is 9.85. The van der Waals surface area contributed by atoms with E-state index >= 15 is 0 Å². The van der Waals surface area contributed by atoms with E-state index in [-0.39, 0.29) is 35.5 Å². The van der Waals surface area contributed by atoms with Crippen molar-refractivity contribution in [1.82, 2.24) is 0 Å². The lowest BCUT2D eigenvalue weighted by Crippen LogP contribution is -2.33. The Balaban J connectivity index is 1.50. The minimum absolute atomic E-state index is 0.0932. The molecule has 1 saturated heterocycles. The van der Waals surface area contributed by atoms with Crippen LogP contribution < -0.4 is 4.90 Å². The van der Waals surface area contributed by atoms with Crippen molar-refractivity contribution in [2.45, 2.75) is 0 Å². The van der Waals surface area contributed by atoms with Gasteiger partial charge in [0.1, 0.15) is 0 Å². The van der Waals surface area contributed by atoms with Crippen LogP contribution in [0.2, 0.25) is 5.02 Å². The third-order valence-electron chi connectivity index (χ3n) is 6.92. The fourth-order valence-electron chi connectivity index (χ4n) is 5.68. The summed E-state index contributed by atoms with van der Waals surface area (Å²) in [6, 6.07) is 27.6. The van der Waals surface area contributed by atoms with Gasteiger partial charge in [0.15, 0.2) is 0 Å². The molecule has 4 atom stereocenters. The first kappa shape index (κ1) is 19.3. The van der Waals surface area contributed by atoms with Crippen LogP contribution in [0.4, 0.5) is 5.69 Å². The number of hydrogen-bond donors (Lipinski definition) is 0. The van der Waals surface area contributed by atoms with Gasteiger partial charge in [0.25, 0.3) is 0 Å². The molecule has 3 aromatic rings. The second kappa shape index (κ2) is 7.32. The number of carbonyl (C=O) groups excluding carboxylic acids is 2. The van der Waals surface area contributed by atoms with Gasteiger partial charge in [-0.15, -0.1) is 0 Å². The molecule has 156 valence electrons. The van der Waals surface area contributed by atoms with Crippen LogP contribution in [0.5, 0.6) is 0 Å². The Morgan fingerprint density at radius 3 is 1.62 bits per heavy atom. The van der Waals surface area contributed by atoms with E-state index in [0.717, 1.165) is 16.7 Å². The van der Waals surface area contributed by atoms with Gasteiger partial charge in [-0.2, -0.15) is 0 Å². The van der Waals surface area contributed by atoms with Crippen molar-refractivity contribution in [1.29, 1.82) is 0 Å². The molecule has 4 heteroatoms. The molecule has 0 N–H and O–H groups in total. The van der Waals surface area contributed by atoms with Crippen molar-refractivity contribution in [2.24, 2.45) is 23.7 Å². The molecule has 1 aliphatic heterocycles. The molecule has 3 aliphatic rings. The number of allylic oxidation sites excluding steroid dienone is 3. The second-order valence-electron chi connectivity index (χ2n) is 8.51. The summed E-state index contributed by atoms with van der Waals surface area (Å²) in [4.78, 5) is 28.5. The number of nitrogens with zero attached hydrogens (tertiary/aromatic N) is 1. The fraction of sp³-hybridized carbons (Fsp3) is 0.143. The molecule has 3 nitrogen and oxygen atoms in total. The molecular weight excluding hydrogens is 418 g/mol. The van der Waals surface area contributed by atoms with Gasteiger partial charge in [-0.1, -0.05) is 96.5 Å². The first-order valence-corrected chi connectivity index (χ1v) is 11.2. The van der Waals surface area contributed by atoms with E-state index in [0.29, 0.717) is 10.7 Å². The normalized spacial score (nSPS) is 25.5. The van der Waals surface area contributed by atoms with E-state index < -0.39 is 0 Å². The number of carbonyl (C=O) groups is 2. The molecule has 1 saturated carbocycles. The van der Waals surface area contributed by atoms with E-state index in [1.54, 1.807) is 24.3 Å². The van der Waals surface area contributed by atoms with Crippen molar-refractivity contribution in [2.75, 3.05) is 4.90 Å². The Hall–Kier alpha value is -3.43. The Labute approximate surface area is 191 Å². The van der Waals surface area contributed by atoms with Crippen molar-refractivity contribution >= 4 is 34.7 Å². The van der Waals surface area contributed by atoms with Gasteiger partial charge in [-0.25, -0.2) is 4.90 Å². The van der Waals surface area contributed by atoms with Crippen LogP contribution in [-0.2, 0) is 9.59 Å². The molecule has 0 aromatic heterocycles. The molecule has 0 unspecified atom stereocenters. The van der Waals surface area contributed by atoms with Crippen LogP contribution in [0, 0.1) is 23.7 Å². The maximum absolute atomic E-state index is 13.6. The summed E-state index contributed by atoms with van der Waals surface area (Å²) >= 11 is 6.35. The topological polar surface area (TPSA) is 37.4 Å². The molecule has 6 rings (SSSR count). The highest BCUT2D eigenvalue weighted by Gasteiger charge is 2.62. The largest absolute Gasteiger partial charge is 0.274 e. The predicted octanol–water partition coefficient (Wildman–Crippen LogP) is 5.76.